The summed E-state index contributed by atoms with van der Waals surface area (Å²) in [5.41, 5.74) is 2.43. The second-order valence-electron chi connectivity index (χ2n) is 5.60. The van der Waals surface area contributed by atoms with Crippen molar-refractivity contribution < 1.29 is 24.1 Å². The quantitative estimate of drug-likeness (QED) is 0.661. The van der Waals surface area contributed by atoms with E-state index in [9.17, 15) is 9.90 Å². The molecule has 0 bridgehead atoms. The summed E-state index contributed by atoms with van der Waals surface area (Å²) in [5.74, 6) is 1.21. The van der Waals surface area contributed by atoms with Crippen molar-refractivity contribution >= 4 is 5.78 Å². The number of hydrogen-bond donors (Lipinski definition) is 2. The maximum Gasteiger partial charge on any atom is 0.209 e. The zero-order valence-electron chi connectivity index (χ0n) is 14.7. The van der Waals surface area contributed by atoms with Crippen molar-refractivity contribution in [1.82, 2.24) is 4.98 Å². The molecular formula is C20H19NO5. The van der Waals surface area contributed by atoms with Crippen molar-refractivity contribution in [2.24, 2.45) is 0 Å². The fraction of sp³-hybridized carbons (Fsp3) is 0.150. The summed E-state index contributed by atoms with van der Waals surface area (Å²) in [6, 6.07) is 11.8. The SMILES string of the molecule is COc1cc(C(=O)c2cc(-c3cccc(O)c3)c[nH]2)cc(OC)c1OC. The third kappa shape index (κ3) is 3.21. The van der Waals surface area contributed by atoms with E-state index in [0.29, 0.717) is 28.5 Å². The van der Waals surface area contributed by atoms with Gasteiger partial charge in [0.15, 0.2) is 11.5 Å². The Hall–Kier alpha value is -3.41. The number of carbonyl (C=O) groups excluding carboxylic acids is 1. The number of aromatic hydroxyl groups is 1. The second-order valence-corrected chi connectivity index (χ2v) is 5.60. The minimum Gasteiger partial charge on any atom is -0.508 e. The summed E-state index contributed by atoms with van der Waals surface area (Å²) in [6.07, 6.45) is 1.72. The smallest absolute Gasteiger partial charge is 0.209 e. The average Bonchev–Trinajstić information content (AvgIpc) is 3.16. The van der Waals surface area contributed by atoms with E-state index in [4.69, 9.17) is 14.2 Å². The summed E-state index contributed by atoms with van der Waals surface area (Å²) in [4.78, 5) is 15.8. The summed E-state index contributed by atoms with van der Waals surface area (Å²) in [5, 5.41) is 9.62. The first kappa shape index (κ1) is 17.4. The molecule has 1 aromatic heterocycles. The van der Waals surface area contributed by atoms with Gasteiger partial charge in [-0.1, -0.05) is 12.1 Å². The molecule has 3 aromatic rings. The monoisotopic (exact) mass is 353 g/mol. The van der Waals surface area contributed by atoms with Gasteiger partial charge in [-0.05, 0) is 35.9 Å². The van der Waals surface area contributed by atoms with Crippen molar-refractivity contribution in [3.05, 3.63) is 59.9 Å². The topological polar surface area (TPSA) is 80.8 Å². The molecule has 2 N–H and O–H groups in total. The number of nitrogens with one attached hydrogen (secondary N) is 1. The molecule has 0 aliphatic rings. The van der Waals surface area contributed by atoms with Gasteiger partial charge in [0.2, 0.25) is 11.5 Å². The molecular weight excluding hydrogens is 334 g/mol. The fourth-order valence-corrected chi connectivity index (χ4v) is 2.75. The van der Waals surface area contributed by atoms with Crippen LogP contribution in [0.15, 0.2) is 48.7 Å². The highest BCUT2D eigenvalue weighted by Gasteiger charge is 2.19. The molecule has 0 aliphatic heterocycles. The molecule has 0 unspecified atom stereocenters. The van der Waals surface area contributed by atoms with Crippen molar-refractivity contribution in [3.63, 3.8) is 0 Å². The van der Waals surface area contributed by atoms with Crippen molar-refractivity contribution in [3.8, 4) is 34.1 Å². The Morgan fingerprint density at radius 1 is 0.923 bits per heavy atom. The molecule has 2 aromatic carbocycles. The number of rotatable bonds is 6. The maximum absolute atomic E-state index is 12.9. The minimum atomic E-state index is -0.212. The van der Waals surface area contributed by atoms with E-state index >= 15 is 0 Å². The molecule has 0 saturated carbocycles. The molecule has 134 valence electrons. The molecule has 6 nitrogen and oxygen atoms in total. The Morgan fingerprint density at radius 2 is 1.62 bits per heavy atom. The Kier molecular flexibility index (Phi) is 4.84. The molecule has 3 rings (SSSR count). The van der Waals surface area contributed by atoms with E-state index in [2.05, 4.69) is 4.98 Å². The van der Waals surface area contributed by atoms with Crippen LogP contribution in [0.1, 0.15) is 16.1 Å². The van der Waals surface area contributed by atoms with Gasteiger partial charge in [0.25, 0.3) is 0 Å². The van der Waals surface area contributed by atoms with Gasteiger partial charge >= 0.3 is 0 Å². The third-order valence-corrected chi connectivity index (χ3v) is 4.03. The van der Waals surface area contributed by atoms with Gasteiger partial charge in [-0.2, -0.15) is 0 Å². The van der Waals surface area contributed by atoms with Crippen LogP contribution in [0.25, 0.3) is 11.1 Å². The van der Waals surface area contributed by atoms with Gasteiger partial charge in [0, 0.05) is 17.3 Å². The lowest BCUT2D eigenvalue weighted by Gasteiger charge is -2.13. The molecule has 0 fully saturated rings. The Morgan fingerprint density at radius 3 is 2.19 bits per heavy atom. The molecule has 0 atom stereocenters. The first-order chi connectivity index (χ1) is 12.6. The maximum atomic E-state index is 12.9. The first-order valence-corrected chi connectivity index (χ1v) is 7.90. The highest BCUT2D eigenvalue weighted by molar-refractivity contribution is 6.09. The van der Waals surface area contributed by atoms with Crippen molar-refractivity contribution in [2.45, 2.75) is 0 Å². The lowest BCUT2D eigenvalue weighted by atomic mass is 10.0. The van der Waals surface area contributed by atoms with Gasteiger partial charge in [-0.25, -0.2) is 0 Å². The number of methoxy groups -OCH3 is 3. The second kappa shape index (κ2) is 7.23. The number of aromatic nitrogens is 1. The zero-order valence-corrected chi connectivity index (χ0v) is 14.7. The van der Waals surface area contributed by atoms with Crippen molar-refractivity contribution in [2.75, 3.05) is 21.3 Å². The van der Waals surface area contributed by atoms with Crippen LogP contribution in [-0.4, -0.2) is 37.2 Å². The number of aromatic amines is 1. The number of ketones is 1. The van der Waals surface area contributed by atoms with Crippen LogP contribution in [0.4, 0.5) is 0 Å². The molecule has 0 radical (unpaired) electrons. The third-order valence-electron chi connectivity index (χ3n) is 4.03. The van der Waals surface area contributed by atoms with E-state index in [1.165, 1.54) is 21.3 Å². The summed E-state index contributed by atoms with van der Waals surface area (Å²) in [6.45, 7) is 0. The Labute approximate surface area is 151 Å². The van der Waals surface area contributed by atoms with Crippen LogP contribution in [-0.2, 0) is 0 Å². The van der Waals surface area contributed by atoms with Gasteiger partial charge in [-0.15, -0.1) is 0 Å². The van der Waals surface area contributed by atoms with E-state index in [0.717, 1.165) is 11.1 Å². The largest absolute Gasteiger partial charge is 0.508 e. The van der Waals surface area contributed by atoms with E-state index in [1.807, 2.05) is 6.07 Å². The van der Waals surface area contributed by atoms with Gasteiger partial charge in [0.1, 0.15) is 5.75 Å². The molecule has 0 aliphatic carbocycles. The molecule has 0 saturated heterocycles. The van der Waals surface area contributed by atoms with Gasteiger partial charge in [-0.3, -0.25) is 4.79 Å². The lowest BCUT2D eigenvalue weighted by molar-refractivity contribution is 0.103. The van der Waals surface area contributed by atoms with E-state index in [1.54, 1.807) is 42.6 Å². The van der Waals surface area contributed by atoms with Crippen molar-refractivity contribution in [1.29, 1.82) is 0 Å². The molecule has 0 spiro atoms. The summed E-state index contributed by atoms with van der Waals surface area (Å²) >= 11 is 0. The van der Waals surface area contributed by atoms with E-state index < -0.39 is 0 Å². The van der Waals surface area contributed by atoms with Crippen LogP contribution in [0.5, 0.6) is 23.0 Å². The van der Waals surface area contributed by atoms with Gasteiger partial charge in [0.05, 0.1) is 27.0 Å². The normalized spacial score (nSPS) is 10.4. The number of benzene rings is 2. The zero-order chi connectivity index (χ0) is 18.7. The predicted molar refractivity (Wildman–Crippen MR) is 97.4 cm³/mol. The standard InChI is InChI=1S/C20H19NO5/c1-24-17-9-13(10-18(25-2)20(17)26-3)19(23)16-8-14(11-21-16)12-5-4-6-15(22)7-12/h4-11,21-22H,1-3H3. The number of phenolic OH excluding ortho intramolecular Hbond substituents is 1. The van der Waals surface area contributed by atoms with E-state index in [-0.39, 0.29) is 11.5 Å². The summed E-state index contributed by atoms with van der Waals surface area (Å²) in [7, 11) is 4.51. The van der Waals surface area contributed by atoms with Crippen LogP contribution in [0.3, 0.4) is 0 Å². The molecule has 26 heavy (non-hydrogen) atoms. The Balaban J connectivity index is 1.98. The molecule has 1 heterocycles. The van der Waals surface area contributed by atoms with Crippen LogP contribution in [0.2, 0.25) is 0 Å². The van der Waals surface area contributed by atoms with Crippen LogP contribution >= 0.6 is 0 Å². The molecule has 6 heteroatoms. The Bertz CT molecular complexity index is 920. The first-order valence-electron chi connectivity index (χ1n) is 7.90. The highest BCUT2D eigenvalue weighted by Crippen LogP contribution is 2.38. The minimum absolute atomic E-state index is 0.168. The van der Waals surface area contributed by atoms with Crippen LogP contribution in [0, 0.1) is 0 Å². The number of ether oxygens (including phenoxy) is 3. The number of carbonyl (C=O) groups is 1. The lowest BCUT2D eigenvalue weighted by Crippen LogP contribution is -2.04. The number of H-pyrrole nitrogens is 1. The average molecular weight is 353 g/mol. The molecule has 0 amide bonds. The number of phenols is 1. The fourth-order valence-electron chi connectivity index (χ4n) is 2.75. The number of hydrogen-bond acceptors (Lipinski definition) is 5. The van der Waals surface area contributed by atoms with Gasteiger partial charge < -0.3 is 24.3 Å². The highest BCUT2D eigenvalue weighted by atomic mass is 16.5. The predicted octanol–water partition coefficient (Wildman–Crippen LogP) is 3.64. The van der Waals surface area contributed by atoms with Crippen LogP contribution < -0.4 is 14.2 Å². The summed E-state index contributed by atoms with van der Waals surface area (Å²) < 4.78 is 15.9.